The number of amides is 1. The normalized spacial score (nSPS) is 23.7. The third kappa shape index (κ3) is 2.71. The third-order valence-electron chi connectivity index (χ3n) is 3.24. The zero-order valence-electron chi connectivity index (χ0n) is 10.9. The summed E-state index contributed by atoms with van der Waals surface area (Å²) in [6.45, 7) is 3.32. The van der Waals surface area contributed by atoms with Crippen LogP contribution in [0.15, 0.2) is 30.3 Å². The van der Waals surface area contributed by atoms with Crippen LogP contribution in [-0.2, 0) is 9.53 Å². The van der Waals surface area contributed by atoms with Gasteiger partial charge in [0.2, 0.25) is 5.91 Å². The molecule has 1 aliphatic heterocycles. The predicted molar refractivity (Wildman–Crippen MR) is 70.0 cm³/mol. The molecule has 2 atom stereocenters. The van der Waals surface area contributed by atoms with Crippen LogP contribution in [0.25, 0.3) is 0 Å². The zero-order chi connectivity index (χ0) is 13.0. The van der Waals surface area contributed by atoms with E-state index < -0.39 is 0 Å². The highest BCUT2D eigenvalue weighted by atomic mass is 16.5. The van der Waals surface area contributed by atoms with Crippen molar-refractivity contribution in [3.8, 4) is 0 Å². The van der Waals surface area contributed by atoms with Gasteiger partial charge in [-0.1, -0.05) is 30.3 Å². The summed E-state index contributed by atoms with van der Waals surface area (Å²) in [5.41, 5.74) is 1.13. The lowest BCUT2D eigenvalue weighted by atomic mass is 10.1. The van der Waals surface area contributed by atoms with E-state index in [2.05, 4.69) is 5.32 Å². The highest BCUT2D eigenvalue weighted by Crippen LogP contribution is 2.25. The first-order valence-electron chi connectivity index (χ1n) is 6.34. The van der Waals surface area contributed by atoms with Crippen LogP contribution in [0.2, 0.25) is 0 Å². The molecule has 98 valence electrons. The minimum absolute atomic E-state index is 0.00874. The van der Waals surface area contributed by atoms with Gasteiger partial charge in [0.1, 0.15) is 6.17 Å². The van der Waals surface area contributed by atoms with E-state index in [9.17, 15) is 4.79 Å². The van der Waals surface area contributed by atoms with Gasteiger partial charge in [-0.2, -0.15) is 0 Å². The van der Waals surface area contributed by atoms with E-state index in [-0.39, 0.29) is 18.1 Å². The van der Waals surface area contributed by atoms with E-state index in [0.717, 1.165) is 18.5 Å². The summed E-state index contributed by atoms with van der Waals surface area (Å²) in [4.78, 5) is 14.0. The monoisotopic (exact) mass is 248 g/mol. The van der Waals surface area contributed by atoms with E-state index in [0.29, 0.717) is 6.61 Å². The number of hydrogen-bond donors (Lipinski definition) is 1. The Bertz CT molecular complexity index is 394. The first kappa shape index (κ1) is 13.1. The van der Waals surface area contributed by atoms with Gasteiger partial charge in [0.05, 0.1) is 6.04 Å². The highest BCUT2D eigenvalue weighted by Gasteiger charge is 2.36. The van der Waals surface area contributed by atoms with E-state index in [1.54, 1.807) is 7.11 Å². The van der Waals surface area contributed by atoms with Gasteiger partial charge in [0.15, 0.2) is 0 Å². The number of ether oxygens (including phenoxy) is 1. The molecule has 0 radical (unpaired) electrons. The standard InChI is InChI=1S/C14H20N2O2/c1-11-14(17)16(9-6-10-18-2)13(15-11)12-7-4-3-5-8-12/h3-5,7-8,11,13,15H,6,9-10H2,1-2H3. The molecule has 1 heterocycles. The van der Waals surface area contributed by atoms with Crippen molar-refractivity contribution < 1.29 is 9.53 Å². The number of hydrogen-bond acceptors (Lipinski definition) is 3. The summed E-state index contributed by atoms with van der Waals surface area (Å²) >= 11 is 0. The van der Waals surface area contributed by atoms with Crippen molar-refractivity contribution in [1.29, 1.82) is 0 Å². The second kappa shape index (κ2) is 5.98. The predicted octanol–water partition coefficient (Wildman–Crippen LogP) is 1.54. The van der Waals surface area contributed by atoms with Gasteiger partial charge in [-0.05, 0) is 18.9 Å². The van der Waals surface area contributed by atoms with Gasteiger partial charge >= 0.3 is 0 Å². The molecule has 18 heavy (non-hydrogen) atoms. The molecule has 1 fully saturated rings. The zero-order valence-corrected chi connectivity index (χ0v) is 10.9. The topological polar surface area (TPSA) is 41.6 Å². The number of carbonyl (C=O) groups is 1. The lowest BCUT2D eigenvalue weighted by molar-refractivity contribution is -0.130. The molecule has 1 N–H and O–H groups in total. The van der Waals surface area contributed by atoms with Crippen LogP contribution in [-0.4, -0.2) is 37.1 Å². The van der Waals surface area contributed by atoms with Crippen molar-refractivity contribution in [1.82, 2.24) is 10.2 Å². The van der Waals surface area contributed by atoms with E-state index in [1.807, 2.05) is 42.2 Å². The van der Waals surface area contributed by atoms with Crippen LogP contribution < -0.4 is 5.32 Å². The second-order valence-electron chi connectivity index (χ2n) is 4.58. The third-order valence-corrected chi connectivity index (χ3v) is 3.24. The largest absolute Gasteiger partial charge is 0.385 e. The molecule has 1 aromatic rings. The minimum atomic E-state index is -0.113. The number of carbonyl (C=O) groups excluding carboxylic acids is 1. The molecule has 0 spiro atoms. The molecule has 1 aliphatic rings. The van der Waals surface area contributed by atoms with Crippen molar-refractivity contribution in [3.05, 3.63) is 35.9 Å². The van der Waals surface area contributed by atoms with Crippen molar-refractivity contribution in [3.63, 3.8) is 0 Å². The maximum Gasteiger partial charge on any atom is 0.241 e. The lowest BCUT2D eigenvalue weighted by Crippen LogP contribution is -2.32. The van der Waals surface area contributed by atoms with Crippen molar-refractivity contribution in [2.75, 3.05) is 20.3 Å². The average Bonchev–Trinajstić information content (AvgIpc) is 2.68. The van der Waals surface area contributed by atoms with Crippen LogP contribution in [0.5, 0.6) is 0 Å². The number of rotatable bonds is 5. The first-order chi connectivity index (χ1) is 8.74. The molecule has 1 amide bonds. The fourth-order valence-electron chi connectivity index (χ4n) is 2.30. The fourth-order valence-corrected chi connectivity index (χ4v) is 2.30. The molecule has 2 unspecified atom stereocenters. The van der Waals surface area contributed by atoms with Crippen LogP contribution in [0, 0.1) is 0 Å². The quantitative estimate of drug-likeness (QED) is 0.804. The number of nitrogens with one attached hydrogen (secondary N) is 1. The molecule has 0 saturated carbocycles. The number of benzene rings is 1. The summed E-state index contributed by atoms with van der Waals surface area (Å²) in [5.74, 6) is 0.167. The van der Waals surface area contributed by atoms with E-state index >= 15 is 0 Å². The summed E-state index contributed by atoms with van der Waals surface area (Å²) < 4.78 is 5.05. The molecule has 2 rings (SSSR count). The summed E-state index contributed by atoms with van der Waals surface area (Å²) in [6, 6.07) is 9.96. The Morgan fingerprint density at radius 3 is 2.72 bits per heavy atom. The molecule has 4 heteroatoms. The maximum atomic E-state index is 12.1. The summed E-state index contributed by atoms with van der Waals surface area (Å²) in [5, 5.41) is 3.33. The number of methoxy groups -OCH3 is 1. The van der Waals surface area contributed by atoms with Gasteiger partial charge in [0.25, 0.3) is 0 Å². The SMILES string of the molecule is COCCCN1C(=O)C(C)NC1c1ccccc1. The van der Waals surface area contributed by atoms with Crippen LogP contribution >= 0.6 is 0 Å². The highest BCUT2D eigenvalue weighted by molar-refractivity contribution is 5.84. The molecule has 1 saturated heterocycles. The van der Waals surface area contributed by atoms with E-state index in [4.69, 9.17) is 4.74 Å². The van der Waals surface area contributed by atoms with Gasteiger partial charge in [-0.15, -0.1) is 0 Å². The Kier molecular flexibility index (Phi) is 4.33. The molecular weight excluding hydrogens is 228 g/mol. The van der Waals surface area contributed by atoms with Gasteiger partial charge in [-0.3, -0.25) is 10.1 Å². The Labute approximate surface area is 108 Å². The lowest BCUT2D eigenvalue weighted by Gasteiger charge is -2.24. The maximum absolute atomic E-state index is 12.1. The second-order valence-corrected chi connectivity index (χ2v) is 4.58. The molecule has 0 aromatic heterocycles. The van der Waals surface area contributed by atoms with Crippen LogP contribution in [0.3, 0.4) is 0 Å². The fraction of sp³-hybridized carbons (Fsp3) is 0.500. The Balaban J connectivity index is 2.10. The van der Waals surface area contributed by atoms with Gasteiger partial charge in [0, 0.05) is 20.3 Å². The van der Waals surface area contributed by atoms with E-state index in [1.165, 1.54) is 0 Å². The molecule has 0 aliphatic carbocycles. The Hall–Kier alpha value is -1.39. The Morgan fingerprint density at radius 1 is 1.33 bits per heavy atom. The Morgan fingerprint density at radius 2 is 2.06 bits per heavy atom. The molecule has 1 aromatic carbocycles. The van der Waals surface area contributed by atoms with Crippen LogP contribution in [0.4, 0.5) is 0 Å². The molecule has 0 bridgehead atoms. The average molecular weight is 248 g/mol. The summed E-state index contributed by atoms with van der Waals surface area (Å²) in [7, 11) is 1.68. The van der Waals surface area contributed by atoms with Crippen molar-refractivity contribution >= 4 is 5.91 Å². The molecule has 4 nitrogen and oxygen atoms in total. The number of nitrogens with zero attached hydrogens (tertiary/aromatic N) is 1. The van der Waals surface area contributed by atoms with Gasteiger partial charge in [-0.25, -0.2) is 0 Å². The summed E-state index contributed by atoms with van der Waals surface area (Å²) in [6.07, 6.45) is 0.852. The molecular formula is C14H20N2O2. The van der Waals surface area contributed by atoms with Gasteiger partial charge < -0.3 is 9.64 Å². The van der Waals surface area contributed by atoms with Crippen LogP contribution in [0.1, 0.15) is 25.1 Å². The first-order valence-corrected chi connectivity index (χ1v) is 6.34. The smallest absolute Gasteiger partial charge is 0.241 e. The van der Waals surface area contributed by atoms with Crippen molar-refractivity contribution in [2.24, 2.45) is 0 Å². The minimum Gasteiger partial charge on any atom is -0.385 e. The van der Waals surface area contributed by atoms with Crippen molar-refractivity contribution in [2.45, 2.75) is 25.6 Å².